The number of aliphatic hydroxyl groups excluding tert-OH is 1. The molecule has 0 aliphatic heterocycles. The van der Waals surface area contributed by atoms with Gasteiger partial charge in [0.2, 0.25) is 21.6 Å². The van der Waals surface area contributed by atoms with Crippen molar-refractivity contribution >= 4 is 38.9 Å². The minimum absolute atomic E-state index is 0.0185. The van der Waals surface area contributed by atoms with Crippen LogP contribution in [0, 0.1) is 0 Å². The number of hydrogen-bond donors (Lipinski definition) is 4. The molecule has 0 bridgehead atoms. The van der Waals surface area contributed by atoms with Crippen LogP contribution >= 0.6 is 11.6 Å². The number of aliphatic hydroxyl groups is 1. The number of sulfonamides is 1. The number of Topliss-reactive ketones (excluding diaryl/α,β-unsaturated/α-hetero) is 2. The van der Waals surface area contributed by atoms with Crippen LogP contribution in [0.1, 0.15) is 39.0 Å². The van der Waals surface area contributed by atoms with Crippen molar-refractivity contribution in [2.24, 2.45) is 0 Å². The Hall–Kier alpha value is -1.72. The van der Waals surface area contributed by atoms with E-state index in [0.29, 0.717) is 0 Å². The zero-order valence-corrected chi connectivity index (χ0v) is 19.1. The van der Waals surface area contributed by atoms with Gasteiger partial charge < -0.3 is 15.5 Å². The molecule has 0 saturated heterocycles. The van der Waals surface area contributed by atoms with Gasteiger partial charge in [-0.05, 0) is 31.4 Å². The first kappa shape index (κ1) is 23.9. The van der Waals surface area contributed by atoms with Crippen LogP contribution in [-0.2, 0) is 19.6 Å². The first-order chi connectivity index (χ1) is 14.6. The van der Waals surface area contributed by atoms with E-state index in [1.54, 1.807) is 0 Å². The number of rotatable bonds is 9. The lowest BCUT2D eigenvalue weighted by Gasteiger charge is -2.41. The summed E-state index contributed by atoms with van der Waals surface area (Å²) in [6, 6.07) is 0.981. The van der Waals surface area contributed by atoms with Gasteiger partial charge in [0, 0.05) is 19.1 Å². The monoisotopic (exact) mass is 473 g/mol. The van der Waals surface area contributed by atoms with E-state index in [1.807, 2.05) is 6.92 Å². The van der Waals surface area contributed by atoms with Gasteiger partial charge in [-0.3, -0.25) is 14.9 Å². The summed E-state index contributed by atoms with van der Waals surface area (Å²) < 4.78 is 26.4. The lowest BCUT2D eigenvalue weighted by atomic mass is 9.79. The van der Waals surface area contributed by atoms with Gasteiger partial charge in [0.1, 0.15) is 17.0 Å². The Morgan fingerprint density at radius 2 is 1.81 bits per heavy atom. The molecular weight excluding hydrogens is 446 g/mol. The van der Waals surface area contributed by atoms with E-state index < -0.39 is 50.9 Å². The van der Waals surface area contributed by atoms with Crippen LogP contribution in [0.2, 0.25) is 5.02 Å². The SMILES string of the molecule is CCC1(NC2C(=O)C(=O)C2Nc2ccc(Cl)c(S(=O)(=O)N(C)CCO)c2O)CCCC1. The zero-order valence-electron chi connectivity index (χ0n) is 17.5. The Balaban J connectivity index is 1.88. The predicted molar refractivity (Wildman–Crippen MR) is 116 cm³/mol. The van der Waals surface area contributed by atoms with Crippen molar-refractivity contribution in [1.29, 1.82) is 0 Å². The molecule has 0 heterocycles. The fourth-order valence-electron chi connectivity index (χ4n) is 4.29. The van der Waals surface area contributed by atoms with E-state index in [1.165, 1.54) is 19.2 Å². The molecule has 2 atom stereocenters. The molecule has 2 aliphatic carbocycles. The summed E-state index contributed by atoms with van der Waals surface area (Å²) >= 11 is 6.06. The van der Waals surface area contributed by atoms with Gasteiger partial charge in [-0.25, -0.2) is 8.42 Å². The van der Waals surface area contributed by atoms with Crippen molar-refractivity contribution in [2.75, 3.05) is 25.5 Å². The molecule has 1 aromatic carbocycles. The summed E-state index contributed by atoms with van der Waals surface area (Å²) in [6.45, 7) is 1.45. The highest BCUT2D eigenvalue weighted by atomic mass is 35.5. The van der Waals surface area contributed by atoms with E-state index in [2.05, 4.69) is 10.6 Å². The Kier molecular flexibility index (Phi) is 6.97. The van der Waals surface area contributed by atoms with E-state index in [9.17, 15) is 23.1 Å². The number of halogens is 1. The highest BCUT2D eigenvalue weighted by Gasteiger charge is 2.52. The second-order valence-corrected chi connectivity index (χ2v) is 10.5. The number of nitrogens with one attached hydrogen (secondary N) is 2. The van der Waals surface area contributed by atoms with Crippen LogP contribution in [0.5, 0.6) is 5.75 Å². The third-order valence-corrected chi connectivity index (χ3v) is 8.68. The van der Waals surface area contributed by atoms with Gasteiger partial charge in [0.15, 0.2) is 5.75 Å². The van der Waals surface area contributed by atoms with Gasteiger partial charge in [0.25, 0.3) is 0 Å². The Morgan fingerprint density at radius 1 is 1.19 bits per heavy atom. The number of phenols is 1. The van der Waals surface area contributed by atoms with E-state index in [-0.39, 0.29) is 22.8 Å². The zero-order chi connectivity index (χ0) is 23.0. The summed E-state index contributed by atoms with van der Waals surface area (Å²) in [5, 5.41) is 25.7. The number of hydrogen-bond acceptors (Lipinski definition) is 8. The van der Waals surface area contributed by atoms with E-state index >= 15 is 0 Å². The molecule has 4 N–H and O–H groups in total. The highest BCUT2D eigenvalue weighted by Crippen LogP contribution is 2.40. The number of phenolic OH excluding ortho intramolecular Hbond substituents is 1. The molecule has 1 aromatic rings. The average molecular weight is 474 g/mol. The molecule has 0 spiro atoms. The second-order valence-electron chi connectivity index (χ2n) is 8.14. The molecule has 2 unspecified atom stereocenters. The predicted octanol–water partition coefficient (Wildman–Crippen LogP) is 1.27. The van der Waals surface area contributed by atoms with Crippen molar-refractivity contribution in [2.45, 2.75) is 61.5 Å². The van der Waals surface area contributed by atoms with E-state index in [0.717, 1.165) is 36.4 Å². The van der Waals surface area contributed by atoms with Crippen LogP contribution in [0.25, 0.3) is 0 Å². The van der Waals surface area contributed by atoms with Crippen LogP contribution in [-0.4, -0.2) is 72.3 Å². The van der Waals surface area contributed by atoms with Crippen LogP contribution in [0.4, 0.5) is 5.69 Å². The Bertz CT molecular complexity index is 977. The minimum Gasteiger partial charge on any atom is -0.504 e. The average Bonchev–Trinajstić information content (AvgIpc) is 3.21. The first-order valence-corrected chi connectivity index (χ1v) is 12.1. The number of ketones is 2. The van der Waals surface area contributed by atoms with Crippen LogP contribution in [0.15, 0.2) is 17.0 Å². The minimum atomic E-state index is -4.20. The quantitative estimate of drug-likeness (QED) is 0.311. The number of carbonyl (C=O) groups excluding carboxylic acids is 2. The van der Waals surface area contributed by atoms with Crippen LogP contribution < -0.4 is 10.6 Å². The van der Waals surface area contributed by atoms with Crippen molar-refractivity contribution < 1.29 is 28.2 Å². The molecular formula is C20H28ClN3O6S. The Morgan fingerprint density at radius 3 is 2.39 bits per heavy atom. The molecule has 0 radical (unpaired) electrons. The maximum atomic E-state index is 12.8. The molecule has 3 rings (SSSR count). The number of nitrogens with zero attached hydrogens (tertiary/aromatic N) is 1. The molecule has 0 amide bonds. The maximum absolute atomic E-state index is 12.8. The number of aromatic hydroxyl groups is 1. The lowest BCUT2D eigenvalue weighted by molar-refractivity contribution is -0.146. The third kappa shape index (κ3) is 4.31. The van der Waals surface area contributed by atoms with Gasteiger partial charge in [-0.1, -0.05) is 31.4 Å². The lowest BCUT2D eigenvalue weighted by Crippen LogP contribution is -2.70. The van der Waals surface area contributed by atoms with E-state index in [4.69, 9.17) is 16.7 Å². The summed E-state index contributed by atoms with van der Waals surface area (Å²) in [5.74, 6) is -1.80. The number of likely N-dealkylation sites (N-methyl/N-ethyl adjacent to an activating group) is 1. The molecule has 0 aromatic heterocycles. The molecule has 2 aliphatic rings. The topological polar surface area (TPSA) is 136 Å². The van der Waals surface area contributed by atoms with Crippen molar-refractivity contribution in [3.8, 4) is 5.75 Å². The number of benzene rings is 1. The standard InChI is InChI=1S/C20H28ClN3O6S/c1-3-20(8-4-5-9-20)23-15-14(17(27)18(15)28)22-13-7-6-12(21)19(16(13)26)31(29,30)24(2)10-11-25/h6-7,14-15,22-23,25-26H,3-5,8-11H2,1-2H3. The third-order valence-electron chi connectivity index (χ3n) is 6.32. The fraction of sp³-hybridized carbons (Fsp3) is 0.600. The second kappa shape index (κ2) is 9.03. The molecule has 31 heavy (non-hydrogen) atoms. The molecule has 2 fully saturated rings. The van der Waals surface area contributed by atoms with Gasteiger partial charge in [-0.2, -0.15) is 4.31 Å². The maximum Gasteiger partial charge on any atom is 0.248 e. The van der Waals surface area contributed by atoms with Crippen molar-refractivity contribution in [3.05, 3.63) is 17.2 Å². The van der Waals surface area contributed by atoms with Gasteiger partial charge in [-0.15, -0.1) is 0 Å². The fourth-order valence-corrected chi connectivity index (χ4v) is 6.03. The number of carbonyl (C=O) groups is 2. The molecule has 172 valence electrons. The normalized spacial score (nSPS) is 23.3. The largest absolute Gasteiger partial charge is 0.504 e. The Labute approximate surface area is 186 Å². The van der Waals surface area contributed by atoms with Gasteiger partial charge >= 0.3 is 0 Å². The summed E-state index contributed by atoms with van der Waals surface area (Å²) in [7, 11) is -2.94. The van der Waals surface area contributed by atoms with Crippen molar-refractivity contribution in [1.82, 2.24) is 9.62 Å². The van der Waals surface area contributed by atoms with Crippen LogP contribution in [0.3, 0.4) is 0 Å². The highest BCUT2D eigenvalue weighted by molar-refractivity contribution is 7.89. The summed E-state index contributed by atoms with van der Waals surface area (Å²) in [5.41, 5.74) is -0.222. The summed E-state index contributed by atoms with van der Waals surface area (Å²) in [6.07, 6.45) is 4.76. The molecule has 2 saturated carbocycles. The number of anilines is 1. The molecule has 9 nitrogen and oxygen atoms in total. The van der Waals surface area contributed by atoms with Crippen molar-refractivity contribution in [3.63, 3.8) is 0 Å². The first-order valence-electron chi connectivity index (χ1n) is 10.3. The molecule has 11 heteroatoms. The van der Waals surface area contributed by atoms with Gasteiger partial charge in [0.05, 0.1) is 17.3 Å². The smallest absolute Gasteiger partial charge is 0.248 e. The summed E-state index contributed by atoms with van der Waals surface area (Å²) in [4.78, 5) is 24.0.